The normalized spacial score (nSPS) is 14.2. The monoisotopic (exact) mass is 692 g/mol. The summed E-state index contributed by atoms with van der Waals surface area (Å²) in [6.45, 7) is 5.86. The molecule has 1 atom stereocenters. The second-order valence-electron chi connectivity index (χ2n) is 10.5. The quantitative estimate of drug-likeness (QED) is 0.200. The Morgan fingerprint density at radius 3 is 2.46 bits per heavy atom. The minimum atomic E-state index is -1.04. The number of carboxylic acids is 1. The van der Waals surface area contributed by atoms with Gasteiger partial charge in [-0.15, -0.1) is 0 Å². The van der Waals surface area contributed by atoms with Gasteiger partial charge >= 0.3 is 11.9 Å². The maximum absolute atomic E-state index is 14.1. The van der Waals surface area contributed by atoms with E-state index in [0.29, 0.717) is 55.6 Å². The summed E-state index contributed by atoms with van der Waals surface area (Å²) in [7, 11) is 3.00. The zero-order chi connectivity index (χ0) is 34.5. The number of esters is 1. The molecule has 2 heterocycles. The summed E-state index contributed by atoms with van der Waals surface area (Å²) in [6, 6.07) is 14.1. The first-order valence-electron chi connectivity index (χ1n) is 14.9. The lowest BCUT2D eigenvalue weighted by Crippen LogP contribution is -2.40. The summed E-state index contributed by atoms with van der Waals surface area (Å²) >= 11 is 7.81. The van der Waals surface area contributed by atoms with E-state index in [1.54, 1.807) is 62.4 Å². The van der Waals surface area contributed by atoms with Crippen molar-refractivity contribution in [3.05, 3.63) is 113 Å². The van der Waals surface area contributed by atoms with Gasteiger partial charge in [0, 0.05) is 0 Å². The number of nitrogens with zero attached hydrogens (tertiary/aromatic N) is 2. The summed E-state index contributed by atoms with van der Waals surface area (Å²) in [4.78, 5) is 43.8. The van der Waals surface area contributed by atoms with Crippen LogP contribution in [0.3, 0.4) is 0 Å². The highest BCUT2D eigenvalue weighted by Crippen LogP contribution is 2.38. The second kappa shape index (κ2) is 14.8. The molecule has 11 nitrogen and oxygen atoms in total. The predicted octanol–water partition coefficient (Wildman–Crippen LogP) is 5.14. The number of allylic oxidation sites excluding steroid dienone is 1. The highest BCUT2D eigenvalue weighted by Gasteiger charge is 2.34. The van der Waals surface area contributed by atoms with Gasteiger partial charge in [0.1, 0.15) is 6.61 Å². The maximum atomic E-state index is 14.1. The smallest absolute Gasteiger partial charge is 0.338 e. The Labute approximate surface area is 284 Å². The number of hydrogen-bond donors (Lipinski definition) is 1. The number of methoxy groups -OCH3 is 2. The predicted molar refractivity (Wildman–Crippen MR) is 180 cm³/mol. The van der Waals surface area contributed by atoms with Crippen molar-refractivity contribution in [3.8, 4) is 23.0 Å². The molecule has 0 radical (unpaired) electrons. The van der Waals surface area contributed by atoms with E-state index >= 15 is 0 Å². The summed E-state index contributed by atoms with van der Waals surface area (Å²) in [5.74, 6) is -0.0585. The van der Waals surface area contributed by atoms with E-state index in [4.69, 9.17) is 35.3 Å². The van der Waals surface area contributed by atoms with Crippen molar-refractivity contribution in [2.45, 2.75) is 33.4 Å². The number of benzene rings is 3. The number of thiazole rings is 1. The van der Waals surface area contributed by atoms with Crippen LogP contribution in [0.2, 0.25) is 5.02 Å². The number of carboxylic acid groups (broad SMARTS) is 1. The van der Waals surface area contributed by atoms with Crippen LogP contribution >= 0.6 is 22.9 Å². The Morgan fingerprint density at radius 2 is 1.77 bits per heavy atom. The topological polar surface area (TPSA) is 135 Å². The lowest BCUT2D eigenvalue weighted by Gasteiger charge is -2.25. The van der Waals surface area contributed by atoms with Crippen LogP contribution in [-0.2, 0) is 16.1 Å². The molecule has 0 unspecified atom stereocenters. The molecule has 0 bridgehead atoms. The third-order valence-corrected chi connectivity index (χ3v) is 8.69. The number of aromatic nitrogens is 1. The maximum Gasteiger partial charge on any atom is 0.338 e. The first kappa shape index (κ1) is 34.3. The molecular formula is C35H33ClN2O9S. The number of halogens is 1. The Bertz CT molecular complexity index is 2100. The molecule has 4 aromatic rings. The van der Waals surface area contributed by atoms with Gasteiger partial charge in [-0.05, 0) is 79.9 Å². The highest BCUT2D eigenvalue weighted by atomic mass is 35.5. The molecular weight excluding hydrogens is 660 g/mol. The lowest BCUT2D eigenvalue weighted by molar-refractivity contribution is -0.139. The highest BCUT2D eigenvalue weighted by molar-refractivity contribution is 7.07. The van der Waals surface area contributed by atoms with Crippen LogP contribution in [0.4, 0.5) is 0 Å². The van der Waals surface area contributed by atoms with Gasteiger partial charge in [0.15, 0.2) is 27.8 Å². The summed E-state index contributed by atoms with van der Waals surface area (Å²) in [5, 5.41) is 9.52. The van der Waals surface area contributed by atoms with E-state index < -0.39 is 18.0 Å². The van der Waals surface area contributed by atoms with E-state index in [1.165, 1.54) is 42.3 Å². The SMILES string of the molecule is CCOC(=O)C1=C(C)N=c2s/c(=C/c3cc(Cl)c(OCc4cccc(C(=O)O)c4)c(OC)c3)c(=O)n2[C@H]1c1ccc(OC)c(OCC)c1. The average Bonchev–Trinajstić information content (AvgIpc) is 3.37. The van der Waals surface area contributed by atoms with Gasteiger partial charge in [-0.3, -0.25) is 9.36 Å². The minimum absolute atomic E-state index is 0.0493. The molecule has 1 N–H and O–H groups in total. The van der Waals surface area contributed by atoms with Crippen molar-refractivity contribution in [2.75, 3.05) is 27.4 Å². The van der Waals surface area contributed by atoms with Crippen LogP contribution in [0, 0.1) is 0 Å². The third kappa shape index (κ3) is 6.95. The summed E-state index contributed by atoms with van der Waals surface area (Å²) < 4.78 is 30.0. The first-order valence-corrected chi connectivity index (χ1v) is 16.1. The number of ether oxygens (including phenoxy) is 5. The van der Waals surface area contributed by atoms with Crippen molar-refractivity contribution < 1.29 is 38.4 Å². The van der Waals surface area contributed by atoms with Crippen LogP contribution in [-0.4, -0.2) is 49.0 Å². The van der Waals surface area contributed by atoms with Gasteiger partial charge in [-0.1, -0.05) is 41.1 Å². The fourth-order valence-corrected chi connectivity index (χ4v) is 6.62. The largest absolute Gasteiger partial charge is 0.493 e. The number of hydrogen-bond acceptors (Lipinski definition) is 10. The minimum Gasteiger partial charge on any atom is -0.493 e. The second-order valence-corrected chi connectivity index (χ2v) is 11.9. The molecule has 13 heteroatoms. The molecule has 1 aliphatic rings. The zero-order valence-electron chi connectivity index (χ0n) is 26.9. The van der Waals surface area contributed by atoms with Crippen molar-refractivity contribution >= 4 is 41.0 Å². The standard InChI is InChI=1S/C35H33ClN2O9S/c1-6-45-26-17-22(11-12-25(26)43-4)30-29(34(42)46-7-2)19(3)37-35-38(30)32(39)28(48-35)16-21-14-24(36)31(27(15-21)44-5)47-18-20-9-8-10-23(13-20)33(40)41/h8-17,30H,6-7,18H2,1-5H3,(H,40,41)/b28-16+/t30-/m0/s1. The van der Waals surface area contributed by atoms with Gasteiger partial charge in [0.05, 0.1) is 59.9 Å². The van der Waals surface area contributed by atoms with Crippen LogP contribution in [0.15, 0.2) is 75.7 Å². The third-order valence-electron chi connectivity index (χ3n) is 7.43. The van der Waals surface area contributed by atoms with E-state index in [2.05, 4.69) is 4.99 Å². The number of fused-ring (bicyclic) bond motifs is 1. The first-order chi connectivity index (χ1) is 23.1. The van der Waals surface area contributed by atoms with Gasteiger partial charge in [-0.2, -0.15) is 0 Å². The van der Waals surface area contributed by atoms with Gasteiger partial charge in [0.25, 0.3) is 5.56 Å². The molecule has 0 amide bonds. The number of carbonyl (C=O) groups is 2. The van der Waals surface area contributed by atoms with Crippen molar-refractivity contribution in [3.63, 3.8) is 0 Å². The molecule has 1 aromatic heterocycles. The molecule has 0 spiro atoms. The van der Waals surface area contributed by atoms with Crippen molar-refractivity contribution in [1.29, 1.82) is 0 Å². The zero-order valence-corrected chi connectivity index (χ0v) is 28.4. The van der Waals surface area contributed by atoms with Gasteiger partial charge in [0.2, 0.25) is 0 Å². The molecule has 3 aromatic carbocycles. The fraction of sp³-hybridized carbons (Fsp3) is 0.257. The summed E-state index contributed by atoms with van der Waals surface area (Å²) in [5.41, 5.74) is 2.24. The van der Waals surface area contributed by atoms with Crippen LogP contribution in [0.5, 0.6) is 23.0 Å². The van der Waals surface area contributed by atoms with Gasteiger partial charge < -0.3 is 28.8 Å². The van der Waals surface area contributed by atoms with Gasteiger partial charge in [-0.25, -0.2) is 14.6 Å². The van der Waals surface area contributed by atoms with E-state index in [1.807, 2.05) is 6.92 Å². The molecule has 250 valence electrons. The van der Waals surface area contributed by atoms with Crippen LogP contribution in [0.25, 0.3) is 6.08 Å². The number of rotatable bonds is 12. The molecule has 0 saturated carbocycles. The lowest BCUT2D eigenvalue weighted by atomic mass is 9.95. The van der Waals surface area contributed by atoms with E-state index in [0.717, 1.165) is 0 Å². The van der Waals surface area contributed by atoms with Crippen LogP contribution in [0.1, 0.15) is 53.9 Å². The molecule has 1 aliphatic heterocycles. The Morgan fingerprint density at radius 1 is 1.00 bits per heavy atom. The molecule has 0 aliphatic carbocycles. The Hall–Kier alpha value is -5.07. The number of aromatic carboxylic acids is 1. The van der Waals surface area contributed by atoms with E-state index in [-0.39, 0.29) is 40.7 Å². The molecule has 48 heavy (non-hydrogen) atoms. The fourth-order valence-electron chi connectivity index (χ4n) is 5.30. The molecule has 0 fully saturated rings. The Kier molecular flexibility index (Phi) is 10.6. The van der Waals surface area contributed by atoms with Crippen molar-refractivity contribution in [1.82, 2.24) is 4.57 Å². The number of carbonyl (C=O) groups excluding carboxylic acids is 1. The van der Waals surface area contributed by atoms with E-state index in [9.17, 15) is 19.5 Å². The Balaban J connectivity index is 1.58. The van der Waals surface area contributed by atoms with Crippen molar-refractivity contribution in [2.24, 2.45) is 4.99 Å². The van der Waals surface area contributed by atoms with Crippen LogP contribution < -0.4 is 33.8 Å². The average molecular weight is 693 g/mol. The molecule has 5 rings (SSSR count). The summed E-state index contributed by atoms with van der Waals surface area (Å²) in [6.07, 6.45) is 1.67. The molecule has 0 saturated heterocycles.